The van der Waals surface area contributed by atoms with Gasteiger partial charge in [0.05, 0.1) is 22.5 Å². The molecule has 0 saturated carbocycles. The van der Waals surface area contributed by atoms with Gasteiger partial charge in [0.15, 0.2) is 0 Å². The zero-order valence-electron chi connectivity index (χ0n) is 15.1. The highest BCUT2D eigenvalue weighted by atomic mass is 16.2. The summed E-state index contributed by atoms with van der Waals surface area (Å²) >= 11 is 0. The van der Waals surface area contributed by atoms with Gasteiger partial charge in [-0.25, -0.2) is 0 Å². The van der Waals surface area contributed by atoms with Crippen LogP contribution in [0.25, 0.3) is 5.69 Å². The third-order valence-electron chi connectivity index (χ3n) is 4.38. The average molecular weight is 368 g/mol. The first kappa shape index (κ1) is 18.4. The van der Waals surface area contributed by atoms with Crippen molar-refractivity contribution in [1.82, 2.24) is 9.88 Å². The molecule has 0 unspecified atom stereocenters. The molecular formula is C19H20N4O4. The Morgan fingerprint density at radius 1 is 1.19 bits per heavy atom. The number of benzene rings is 1. The Hall–Kier alpha value is -3.42. The summed E-state index contributed by atoms with van der Waals surface area (Å²) in [7, 11) is 0. The molecule has 140 valence electrons. The number of unbranched alkanes of at least 4 members (excludes halogenated alkanes) is 1. The van der Waals surface area contributed by atoms with Gasteiger partial charge in [-0.2, -0.15) is 0 Å². The minimum absolute atomic E-state index is 0.0376. The number of pyridine rings is 1. The van der Waals surface area contributed by atoms with Crippen LogP contribution in [0.15, 0.2) is 29.1 Å². The summed E-state index contributed by atoms with van der Waals surface area (Å²) in [6.45, 7) is 3.82. The monoisotopic (exact) mass is 368 g/mol. The lowest BCUT2D eigenvalue weighted by Crippen LogP contribution is -2.25. The number of aromatic nitrogens is 1. The van der Waals surface area contributed by atoms with E-state index in [-0.39, 0.29) is 22.9 Å². The SMILES string of the molecule is CCCCC(=O)Nc1ccc(C)cc1-n1c(N)c2c(cc1=O)C(=O)NC2=O. The number of carbonyl (C=O) groups excluding carboxylic acids is 3. The maximum atomic E-state index is 12.7. The molecule has 1 aliphatic rings. The molecule has 8 heteroatoms. The first-order valence-corrected chi connectivity index (χ1v) is 8.65. The number of fused-ring (bicyclic) bond motifs is 1. The number of nitrogens with one attached hydrogen (secondary N) is 2. The Morgan fingerprint density at radius 2 is 1.93 bits per heavy atom. The van der Waals surface area contributed by atoms with Crippen molar-refractivity contribution in [1.29, 1.82) is 0 Å². The zero-order chi connectivity index (χ0) is 19.7. The molecule has 0 aliphatic carbocycles. The summed E-state index contributed by atoms with van der Waals surface area (Å²) in [5.41, 5.74) is 7.03. The lowest BCUT2D eigenvalue weighted by atomic mass is 10.1. The van der Waals surface area contributed by atoms with Crippen LogP contribution in [0.1, 0.15) is 52.5 Å². The van der Waals surface area contributed by atoms with Gasteiger partial charge in [-0.15, -0.1) is 0 Å². The van der Waals surface area contributed by atoms with Crippen molar-refractivity contribution in [2.45, 2.75) is 33.1 Å². The predicted octanol–water partition coefficient (Wildman–Crippen LogP) is 1.74. The first-order chi connectivity index (χ1) is 12.8. The van der Waals surface area contributed by atoms with E-state index in [9.17, 15) is 19.2 Å². The number of nitrogen functional groups attached to an aromatic ring is 1. The second-order valence-electron chi connectivity index (χ2n) is 6.45. The third-order valence-corrected chi connectivity index (χ3v) is 4.38. The second kappa shape index (κ2) is 7.06. The van der Waals surface area contributed by atoms with Crippen LogP contribution in [0.3, 0.4) is 0 Å². The Bertz CT molecular complexity index is 1020. The van der Waals surface area contributed by atoms with E-state index in [4.69, 9.17) is 5.73 Å². The van der Waals surface area contributed by atoms with E-state index in [1.165, 1.54) is 0 Å². The maximum Gasteiger partial charge on any atom is 0.262 e. The Kier molecular flexibility index (Phi) is 4.81. The van der Waals surface area contributed by atoms with Gasteiger partial charge in [-0.05, 0) is 31.0 Å². The number of nitrogens with two attached hydrogens (primary N) is 1. The minimum Gasteiger partial charge on any atom is -0.384 e. The van der Waals surface area contributed by atoms with Crippen molar-refractivity contribution in [3.63, 3.8) is 0 Å². The molecular weight excluding hydrogens is 348 g/mol. The molecule has 1 aromatic heterocycles. The van der Waals surface area contributed by atoms with E-state index in [0.29, 0.717) is 17.8 Å². The van der Waals surface area contributed by atoms with Crippen molar-refractivity contribution < 1.29 is 14.4 Å². The van der Waals surface area contributed by atoms with Gasteiger partial charge in [0.2, 0.25) is 5.91 Å². The number of imide groups is 1. The quantitative estimate of drug-likeness (QED) is 0.694. The van der Waals surface area contributed by atoms with Gasteiger partial charge in [-0.3, -0.25) is 29.1 Å². The summed E-state index contributed by atoms with van der Waals surface area (Å²) in [5, 5.41) is 4.92. The Balaban J connectivity index is 2.15. The van der Waals surface area contributed by atoms with Gasteiger partial charge in [0.25, 0.3) is 17.4 Å². The fraction of sp³-hybridized carbons (Fsp3) is 0.263. The highest BCUT2D eigenvalue weighted by Gasteiger charge is 2.32. The van der Waals surface area contributed by atoms with Crippen molar-refractivity contribution in [2.24, 2.45) is 0 Å². The normalized spacial score (nSPS) is 12.7. The number of carbonyl (C=O) groups is 3. The van der Waals surface area contributed by atoms with Crippen LogP contribution >= 0.6 is 0 Å². The molecule has 1 aliphatic heterocycles. The molecule has 2 aromatic rings. The number of anilines is 2. The lowest BCUT2D eigenvalue weighted by Gasteiger charge is -2.17. The third kappa shape index (κ3) is 3.33. The summed E-state index contributed by atoms with van der Waals surface area (Å²) in [4.78, 5) is 48.7. The van der Waals surface area contributed by atoms with Gasteiger partial charge >= 0.3 is 0 Å². The molecule has 0 radical (unpaired) electrons. The molecule has 2 heterocycles. The fourth-order valence-electron chi connectivity index (χ4n) is 3.01. The largest absolute Gasteiger partial charge is 0.384 e. The average Bonchev–Trinajstić information content (AvgIpc) is 2.89. The van der Waals surface area contributed by atoms with Crippen LogP contribution in [0.2, 0.25) is 0 Å². The van der Waals surface area contributed by atoms with E-state index >= 15 is 0 Å². The number of hydrogen-bond donors (Lipinski definition) is 3. The summed E-state index contributed by atoms with van der Waals surface area (Å²) in [5.74, 6) is -1.62. The van der Waals surface area contributed by atoms with Gasteiger partial charge < -0.3 is 11.1 Å². The van der Waals surface area contributed by atoms with E-state index < -0.39 is 17.4 Å². The van der Waals surface area contributed by atoms with Crippen LogP contribution in [0.4, 0.5) is 11.5 Å². The van der Waals surface area contributed by atoms with E-state index in [1.54, 1.807) is 18.2 Å². The van der Waals surface area contributed by atoms with Crippen molar-refractivity contribution in [3.8, 4) is 5.69 Å². The second-order valence-corrected chi connectivity index (χ2v) is 6.45. The molecule has 8 nitrogen and oxygen atoms in total. The van der Waals surface area contributed by atoms with E-state index in [2.05, 4.69) is 10.6 Å². The highest BCUT2D eigenvalue weighted by Crippen LogP contribution is 2.27. The fourth-order valence-corrected chi connectivity index (χ4v) is 3.01. The molecule has 27 heavy (non-hydrogen) atoms. The number of hydrogen-bond acceptors (Lipinski definition) is 5. The molecule has 3 rings (SSSR count). The van der Waals surface area contributed by atoms with Crippen molar-refractivity contribution >= 4 is 29.2 Å². The van der Waals surface area contributed by atoms with Crippen molar-refractivity contribution in [3.05, 3.63) is 51.3 Å². The van der Waals surface area contributed by atoms with Crippen molar-refractivity contribution in [2.75, 3.05) is 11.1 Å². The molecule has 0 bridgehead atoms. The lowest BCUT2D eigenvalue weighted by molar-refractivity contribution is -0.116. The summed E-state index contributed by atoms with van der Waals surface area (Å²) < 4.78 is 1.14. The summed E-state index contributed by atoms with van der Waals surface area (Å²) in [6, 6.07) is 6.24. The molecule has 0 fully saturated rings. The topological polar surface area (TPSA) is 123 Å². The molecule has 0 atom stereocenters. The van der Waals surface area contributed by atoms with E-state index in [0.717, 1.165) is 29.0 Å². The smallest absolute Gasteiger partial charge is 0.262 e. The zero-order valence-corrected chi connectivity index (χ0v) is 15.1. The molecule has 4 N–H and O–H groups in total. The Morgan fingerprint density at radius 3 is 2.63 bits per heavy atom. The van der Waals surface area contributed by atoms with E-state index in [1.807, 2.05) is 13.8 Å². The van der Waals surface area contributed by atoms with Gasteiger partial charge in [0.1, 0.15) is 5.82 Å². The maximum absolute atomic E-state index is 12.7. The number of amides is 3. The number of aryl methyl sites for hydroxylation is 1. The minimum atomic E-state index is -0.651. The molecule has 0 spiro atoms. The number of nitrogens with zero attached hydrogens (tertiary/aromatic N) is 1. The van der Waals surface area contributed by atoms with Crippen LogP contribution in [0.5, 0.6) is 0 Å². The summed E-state index contributed by atoms with van der Waals surface area (Å²) in [6.07, 6.45) is 1.99. The molecule has 0 saturated heterocycles. The number of rotatable bonds is 5. The van der Waals surface area contributed by atoms with Crippen LogP contribution < -0.4 is 21.9 Å². The molecule has 1 aromatic carbocycles. The standard InChI is InChI=1S/C19H20N4O4/c1-3-4-5-14(24)21-12-7-6-10(2)8-13(12)23-15(25)9-11-16(17(23)20)19(27)22-18(11)26/h6-9H,3-5,20H2,1-2H3,(H,21,24)(H,22,26,27). The first-order valence-electron chi connectivity index (χ1n) is 8.65. The van der Waals surface area contributed by atoms with Crippen LogP contribution in [-0.2, 0) is 4.79 Å². The van der Waals surface area contributed by atoms with Gasteiger partial charge in [0, 0.05) is 12.5 Å². The van der Waals surface area contributed by atoms with Crippen LogP contribution in [0, 0.1) is 6.92 Å². The predicted molar refractivity (Wildman–Crippen MR) is 101 cm³/mol. The molecule has 3 amide bonds. The van der Waals surface area contributed by atoms with Gasteiger partial charge in [-0.1, -0.05) is 19.4 Å². The highest BCUT2D eigenvalue weighted by molar-refractivity contribution is 6.23. The Labute approximate surface area is 155 Å². The van der Waals surface area contributed by atoms with Crippen LogP contribution in [-0.4, -0.2) is 22.3 Å².